The van der Waals surface area contributed by atoms with Crippen LogP contribution in [0.2, 0.25) is 0 Å². The number of halogens is 1. The second-order valence-corrected chi connectivity index (χ2v) is 5.48. The Bertz CT molecular complexity index is 485. The molecule has 0 atom stereocenters. The number of hydrogen-bond acceptors (Lipinski definition) is 3. The van der Waals surface area contributed by atoms with Gasteiger partial charge in [0.1, 0.15) is 0 Å². The number of aromatic hydroxyl groups is 1. The Labute approximate surface area is 118 Å². The lowest BCUT2D eigenvalue weighted by molar-refractivity contribution is -0.117. The molecule has 0 bridgehead atoms. The van der Waals surface area contributed by atoms with Gasteiger partial charge in [0.15, 0.2) is 11.6 Å². The molecule has 1 saturated carbocycles. The number of amides is 1. The number of phenols is 1. The van der Waals surface area contributed by atoms with Crippen molar-refractivity contribution in [2.45, 2.75) is 44.1 Å². The van der Waals surface area contributed by atoms with E-state index < -0.39 is 11.6 Å². The quantitative estimate of drug-likeness (QED) is 0.743. The first kappa shape index (κ1) is 14.8. The number of carbonyl (C=O) groups is 1. The van der Waals surface area contributed by atoms with Crippen LogP contribution >= 0.6 is 0 Å². The molecule has 1 fully saturated rings. The fourth-order valence-corrected chi connectivity index (χ4v) is 2.84. The maximum Gasteiger partial charge on any atom is 0.226 e. The largest absolute Gasteiger partial charge is 0.505 e. The zero-order chi connectivity index (χ0) is 14.6. The van der Waals surface area contributed by atoms with Gasteiger partial charge < -0.3 is 15.7 Å². The van der Waals surface area contributed by atoms with Crippen LogP contribution in [0.5, 0.6) is 5.75 Å². The van der Waals surface area contributed by atoms with E-state index in [1.807, 2.05) is 7.05 Å². The van der Waals surface area contributed by atoms with Crippen molar-refractivity contribution in [2.24, 2.45) is 0 Å². The molecule has 0 unspecified atom stereocenters. The van der Waals surface area contributed by atoms with Crippen molar-refractivity contribution in [1.82, 2.24) is 5.32 Å². The lowest BCUT2D eigenvalue weighted by Gasteiger charge is -2.36. The van der Waals surface area contributed by atoms with Crippen molar-refractivity contribution in [1.29, 1.82) is 0 Å². The van der Waals surface area contributed by atoms with Gasteiger partial charge in [-0.1, -0.05) is 19.3 Å². The predicted octanol–water partition coefficient (Wildman–Crippen LogP) is 2.78. The topological polar surface area (TPSA) is 61.4 Å². The molecule has 0 spiro atoms. The predicted molar refractivity (Wildman–Crippen MR) is 76.2 cm³/mol. The second kappa shape index (κ2) is 6.22. The van der Waals surface area contributed by atoms with Gasteiger partial charge in [-0.15, -0.1) is 0 Å². The van der Waals surface area contributed by atoms with Gasteiger partial charge in [-0.25, -0.2) is 4.39 Å². The molecule has 0 saturated heterocycles. The third kappa shape index (κ3) is 3.48. The highest BCUT2D eigenvalue weighted by atomic mass is 19.1. The summed E-state index contributed by atoms with van der Waals surface area (Å²) in [6.07, 6.45) is 5.83. The zero-order valence-corrected chi connectivity index (χ0v) is 11.7. The lowest BCUT2D eigenvalue weighted by atomic mass is 9.79. The number of benzene rings is 1. The van der Waals surface area contributed by atoms with Gasteiger partial charge in [0.2, 0.25) is 5.91 Å². The van der Waals surface area contributed by atoms with E-state index in [0.717, 1.165) is 31.7 Å². The van der Waals surface area contributed by atoms with E-state index in [4.69, 9.17) is 5.11 Å². The Morgan fingerprint density at radius 3 is 2.65 bits per heavy atom. The summed E-state index contributed by atoms with van der Waals surface area (Å²) in [6, 6.07) is 3.85. The van der Waals surface area contributed by atoms with Crippen LogP contribution in [-0.4, -0.2) is 23.6 Å². The molecule has 0 aliphatic heterocycles. The standard InChI is InChI=1S/C15H21FN2O2/c1-17-15(7-3-2-4-8-15)10-14(20)18-11-5-6-13(19)12(16)9-11/h5-6,9,17,19H,2-4,7-8,10H2,1H3,(H,18,20). The summed E-state index contributed by atoms with van der Waals surface area (Å²) in [7, 11) is 1.89. The van der Waals surface area contributed by atoms with Crippen LogP contribution < -0.4 is 10.6 Å². The highest BCUT2D eigenvalue weighted by Gasteiger charge is 2.32. The van der Waals surface area contributed by atoms with Crippen LogP contribution in [0.15, 0.2) is 18.2 Å². The normalized spacial score (nSPS) is 17.7. The van der Waals surface area contributed by atoms with E-state index in [9.17, 15) is 9.18 Å². The molecule has 3 N–H and O–H groups in total. The first-order chi connectivity index (χ1) is 9.54. The molecule has 5 heteroatoms. The van der Waals surface area contributed by atoms with Gasteiger partial charge in [0.05, 0.1) is 0 Å². The Hall–Kier alpha value is -1.62. The Balaban J connectivity index is 1.98. The summed E-state index contributed by atoms with van der Waals surface area (Å²) in [5, 5.41) is 15.1. The van der Waals surface area contributed by atoms with Crippen molar-refractivity contribution in [2.75, 3.05) is 12.4 Å². The SMILES string of the molecule is CNC1(CC(=O)Nc2ccc(O)c(F)c2)CCCCC1. The van der Waals surface area contributed by atoms with E-state index in [-0.39, 0.29) is 11.4 Å². The summed E-state index contributed by atoms with van der Waals surface area (Å²) in [4.78, 5) is 12.1. The fourth-order valence-electron chi connectivity index (χ4n) is 2.84. The first-order valence-electron chi connectivity index (χ1n) is 7.02. The van der Waals surface area contributed by atoms with Gasteiger partial charge in [0.25, 0.3) is 0 Å². The van der Waals surface area contributed by atoms with Crippen LogP contribution in [-0.2, 0) is 4.79 Å². The molecule has 1 amide bonds. The summed E-state index contributed by atoms with van der Waals surface area (Å²) in [6.45, 7) is 0. The third-order valence-corrected chi connectivity index (χ3v) is 4.07. The van der Waals surface area contributed by atoms with Crippen molar-refractivity contribution < 1.29 is 14.3 Å². The van der Waals surface area contributed by atoms with Crippen molar-refractivity contribution in [3.8, 4) is 5.75 Å². The molecule has 1 aliphatic carbocycles. The van der Waals surface area contributed by atoms with Crippen molar-refractivity contribution in [3.05, 3.63) is 24.0 Å². The number of phenolic OH excluding ortho intramolecular Hbond substituents is 1. The molecule has 20 heavy (non-hydrogen) atoms. The third-order valence-electron chi connectivity index (χ3n) is 4.07. The van der Waals surface area contributed by atoms with Crippen LogP contribution in [0.4, 0.5) is 10.1 Å². The number of hydrogen-bond donors (Lipinski definition) is 3. The smallest absolute Gasteiger partial charge is 0.226 e. The van der Waals surface area contributed by atoms with E-state index in [1.54, 1.807) is 0 Å². The average molecular weight is 280 g/mol. The maximum atomic E-state index is 13.2. The minimum absolute atomic E-state index is 0.133. The Kier molecular flexibility index (Phi) is 4.60. The van der Waals surface area contributed by atoms with Crippen LogP contribution in [0.1, 0.15) is 38.5 Å². The number of rotatable bonds is 4. The molecular weight excluding hydrogens is 259 g/mol. The zero-order valence-electron chi connectivity index (χ0n) is 11.7. The highest BCUT2D eigenvalue weighted by Crippen LogP contribution is 2.31. The van der Waals surface area contributed by atoms with Crippen molar-refractivity contribution in [3.63, 3.8) is 0 Å². The molecule has 0 radical (unpaired) electrons. The summed E-state index contributed by atoms with van der Waals surface area (Å²) in [5.41, 5.74) is 0.227. The van der Waals surface area contributed by atoms with E-state index in [2.05, 4.69) is 10.6 Å². The maximum absolute atomic E-state index is 13.2. The fraction of sp³-hybridized carbons (Fsp3) is 0.533. The molecule has 0 aromatic heterocycles. The minimum Gasteiger partial charge on any atom is -0.505 e. The highest BCUT2D eigenvalue weighted by molar-refractivity contribution is 5.91. The van der Waals surface area contributed by atoms with Crippen LogP contribution in [0.25, 0.3) is 0 Å². The van der Waals surface area contributed by atoms with E-state index in [1.165, 1.54) is 18.6 Å². The summed E-state index contributed by atoms with van der Waals surface area (Å²) >= 11 is 0. The number of anilines is 1. The van der Waals surface area contributed by atoms with E-state index >= 15 is 0 Å². The van der Waals surface area contributed by atoms with E-state index in [0.29, 0.717) is 12.1 Å². The van der Waals surface area contributed by atoms with Crippen LogP contribution in [0, 0.1) is 5.82 Å². The molecular formula is C15H21FN2O2. The second-order valence-electron chi connectivity index (χ2n) is 5.48. The number of nitrogens with one attached hydrogen (secondary N) is 2. The van der Waals surface area contributed by atoms with Gasteiger partial charge in [-0.3, -0.25) is 4.79 Å². The summed E-state index contributed by atoms with van der Waals surface area (Å²) in [5.74, 6) is -1.28. The van der Waals surface area contributed by atoms with Gasteiger partial charge >= 0.3 is 0 Å². The molecule has 1 aliphatic rings. The monoisotopic (exact) mass is 280 g/mol. The Morgan fingerprint density at radius 2 is 2.05 bits per heavy atom. The molecule has 2 rings (SSSR count). The van der Waals surface area contributed by atoms with Gasteiger partial charge in [-0.2, -0.15) is 0 Å². The molecule has 0 heterocycles. The van der Waals surface area contributed by atoms with Crippen molar-refractivity contribution >= 4 is 11.6 Å². The minimum atomic E-state index is -0.733. The lowest BCUT2D eigenvalue weighted by Crippen LogP contribution is -2.47. The Morgan fingerprint density at radius 1 is 1.35 bits per heavy atom. The van der Waals surface area contributed by atoms with Gasteiger partial charge in [-0.05, 0) is 32.0 Å². The molecule has 4 nitrogen and oxygen atoms in total. The molecule has 1 aromatic rings. The number of carbonyl (C=O) groups excluding carboxylic acids is 1. The average Bonchev–Trinajstić information content (AvgIpc) is 2.44. The van der Waals surface area contributed by atoms with Crippen LogP contribution in [0.3, 0.4) is 0 Å². The molecule has 110 valence electrons. The van der Waals surface area contributed by atoms with Gasteiger partial charge in [0, 0.05) is 23.7 Å². The first-order valence-corrected chi connectivity index (χ1v) is 7.02. The summed E-state index contributed by atoms with van der Waals surface area (Å²) < 4.78 is 13.2. The molecule has 1 aromatic carbocycles.